The molecule has 1 fully saturated rings. The minimum atomic E-state index is -0.743. The van der Waals surface area contributed by atoms with Crippen LogP contribution in [0, 0.1) is 13.8 Å². The van der Waals surface area contributed by atoms with Crippen LogP contribution in [0.1, 0.15) is 42.9 Å². The van der Waals surface area contributed by atoms with Crippen LogP contribution in [0.3, 0.4) is 0 Å². The average molecular weight is 343 g/mol. The van der Waals surface area contributed by atoms with Crippen LogP contribution in [0.2, 0.25) is 0 Å². The first-order valence-electron chi connectivity index (χ1n) is 8.91. The number of aryl methyl sites for hydroxylation is 2. The highest BCUT2D eigenvalue weighted by atomic mass is 16.5. The zero-order chi connectivity index (χ0) is 18.0. The van der Waals surface area contributed by atoms with Gasteiger partial charge in [-0.1, -0.05) is 0 Å². The number of amides is 1. The summed E-state index contributed by atoms with van der Waals surface area (Å²) in [5.41, 5.74) is 3.86. The molecule has 134 valence electrons. The Labute approximate surface area is 147 Å². The number of hydrogen-bond donors (Lipinski definition) is 0. The highest BCUT2D eigenvalue weighted by molar-refractivity contribution is 5.88. The molecule has 2 heterocycles. The van der Waals surface area contributed by atoms with E-state index in [4.69, 9.17) is 9.15 Å². The van der Waals surface area contributed by atoms with Gasteiger partial charge in [-0.05, 0) is 63.3 Å². The Hall–Kier alpha value is -2.30. The van der Waals surface area contributed by atoms with Crippen LogP contribution in [-0.4, -0.2) is 36.0 Å². The fourth-order valence-corrected chi connectivity index (χ4v) is 3.29. The molecule has 5 heteroatoms. The lowest BCUT2D eigenvalue weighted by atomic mass is 10.0. The van der Waals surface area contributed by atoms with Crippen molar-refractivity contribution in [2.24, 2.45) is 0 Å². The van der Waals surface area contributed by atoms with Crippen molar-refractivity contribution < 1.29 is 18.7 Å². The highest BCUT2D eigenvalue weighted by Gasteiger charge is 2.25. The lowest BCUT2D eigenvalue weighted by molar-refractivity contribution is -0.159. The van der Waals surface area contributed by atoms with Crippen molar-refractivity contribution in [2.45, 2.75) is 52.6 Å². The summed E-state index contributed by atoms with van der Waals surface area (Å²) < 4.78 is 10.9. The second-order valence-corrected chi connectivity index (χ2v) is 6.89. The van der Waals surface area contributed by atoms with Gasteiger partial charge in [0.05, 0.1) is 12.7 Å². The van der Waals surface area contributed by atoms with Gasteiger partial charge < -0.3 is 14.1 Å². The van der Waals surface area contributed by atoms with Gasteiger partial charge >= 0.3 is 5.97 Å². The van der Waals surface area contributed by atoms with E-state index in [0.29, 0.717) is 0 Å². The van der Waals surface area contributed by atoms with Crippen LogP contribution in [0.4, 0.5) is 0 Å². The predicted molar refractivity (Wildman–Crippen MR) is 95.4 cm³/mol. The maximum atomic E-state index is 12.4. The normalized spacial score (nSPS) is 16.0. The lowest BCUT2D eigenvalue weighted by Crippen LogP contribution is -2.42. The first-order valence-corrected chi connectivity index (χ1v) is 8.91. The van der Waals surface area contributed by atoms with Crippen molar-refractivity contribution >= 4 is 22.8 Å². The minimum Gasteiger partial charge on any atom is -0.464 e. The van der Waals surface area contributed by atoms with E-state index >= 15 is 0 Å². The number of benzene rings is 1. The van der Waals surface area contributed by atoms with Crippen LogP contribution >= 0.6 is 0 Å². The summed E-state index contributed by atoms with van der Waals surface area (Å²) in [6.45, 7) is 7.22. The van der Waals surface area contributed by atoms with E-state index in [9.17, 15) is 9.59 Å². The first kappa shape index (κ1) is 17.5. The van der Waals surface area contributed by atoms with E-state index < -0.39 is 12.1 Å². The van der Waals surface area contributed by atoms with Gasteiger partial charge in [0.15, 0.2) is 6.10 Å². The minimum absolute atomic E-state index is 0.100. The predicted octanol–water partition coefficient (Wildman–Crippen LogP) is 3.54. The largest absolute Gasteiger partial charge is 0.464 e. The third-order valence-electron chi connectivity index (χ3n) is 4.93. The molecule has 1 atom stereocenters. The summed E-state index contributed by atoms with van der Waals surface area (Å²) in [7, 11) is 0. The Kier molecular flexibility index (Phi) is 5.11. The molecule has 3 rings (SSSR count). The number of esters is 1. The van der Waals surface area contributed by atoms with Crippen molar-refractivity contribution in [1.29, 1.82) is 0 Å². The molecule has 1 aliphatic rings. The Morgan fingerprint density at radius 3 is 2.56 bits per heavy atom. The summed E-state index contributed by atoms with van der Waals surface area (Å²) >= 11 is 0. The van der Waals surface area contributed by atoms with E-state index in [1.165, 1.54) is 0 Å². The molecule has 0 saturated carbocycles. The van der Waals surface area contributed by atoms with Crippen LogP contribution in [0.15, 0.2) is 22.8 Å². The number of carbonyl (C=O) groups excluding carboxylic acids is 2. The van der Waals surface area contributed by atoms with Crippen LogP contribution in [0.25, 0.3) is 11.0 Å². The molecule has 1 amide bonds. The van der Waals surface area contributed by atoms with Crippen molar-refractivity contribution in [2.75, 3.05) is 13.1 Å². The second kappa shape index (κ2) is 7.30. The SMILES string of the molecule is Cc1cc2occ(CC(=O)O[C@@H](C)C(=O)N3CCCCC3)c2cc1C. The van der Waals surface area contributed by atoms with E-state index in [-0.39, 0.29) is 12.3 Å². The van der Waals surface area contributed by atoms with Gasteiger partial charge in [-0.25, -0.2) is 0 Å². The molecule has 1 aliphatic heterocycles. The number of carbonyl (C=O) groups is 2. The number of likely N-dealkylation sites (tertiary alicyclic amines) is 1. The Morgan fingerprint density at radius 1 is 1.16 bits per heavy atom. The van der Waals surface area contributed by atoms with E-state index in [1.807, 2.05) is 26.0 Å². The van der Waals surface area contributed by atoms with Gasteiger partial charge in [0.25, 0.3) is 5.91 Å². The number of rotatable bonds is 4. The molecule has 2 aromatic rings. The molecule has 0 radical (unpaired) electrons. The first-order chi connectivity index (χ1) is 12.0. The zero-order valence-corrected chi connectivity index (χ0v) is 15.1. The van der Waals surface area contributed by atoms with Gasteiger partial charge in [0.2, 0.25) is 0 Å². The molecular weight excluding hydrogens is 318 g/mol. The fourth-order valence-electron chi connectivity index (χ4n) is 3.29. The highest BCUT2D eigenvalue weighted by Crippen LogP contribution is 2.25. The molecule has 1 saturated heterocycles. The summed E-state index contributed by atoms with van der Waals surface area (Å²) in [5, 5.41) is 0.926. The van der Waals surface area contributed by atoms with E-state index in [1.54, 1.807) is 18.1 Å². The topological polar surface area (TPSA) is 59.8 Å². The third kappa shape index (κ3) is 3.86. The summed E-state index contributed by atoms with van der Waals surface area (Å²) in [5.74, 6) is -0.504. The summed E-state index contributed by atoms with van der Waals surface area (Å²) in [4.78, 5) is 26.4. The van der Waals surface area contributed by atoms with Crippen molar-refractivity contribution in [1.82, 2.24) is 4.90 Å². The fraction of sp³-hybridized carbons (Fsp3) is 0.500. The number of fused-ring (bicyclic) bond motifs is 1. The van der Waals surface area contributed by atoms with Gasteiger partial charge in [0, 0.05) is 24.0 Å². The molecule has 1 aromatic heterocycles. The van der Waals surface area contributed by atoms with Crippen LogP contribution in [0.5, 0.6) is 0 Å². The molecule has 1 aromatic carbocycles. The number of furan rings is 1. The molecule has 0 spiro atoms. The smallest absolute Gasteiger partial charge is 0.311 e. The van der Waals surface area contributed by atoms with Crippen molar-refractivity contribution in [3.05, 3.63) is 35.1 Å². The zero-order valence-electron chi connectivity index (χ0n) is 15.1. The molecule has 0 N–H and O–H groups in total. The van der Waals surface area contributed by atoms with Crippen molar-refractivity contribution in [3.8, 4) is 0 Å². The molecule has 0 bridgehead atoms. The maximum Gasteiger partial charge on any atom is 0.311 e. The van der Waals surface area contributed by atoms with Crippen molar-refractivity contribution in [3.63, 3.8) is 0 Å². The summed E-state index contributed by atoms with van der Waals surface area (Å²) in [6.07, 6.45) is 4.16. The molecule has 0 aliphatic carbocycles. The van der Waals surface area contributed by atoms with E-state index in [0.717, 1.165) is 60.0 Å². The number of hydrogen-bond acceptors (Lipinski definition) is 4. The van der Waals surface area contributed by atoms with Gasteiger partial charge in [-0.15, -0.1) is 0 Å². The van der Waals surface area contributed by atoms with E-state index in [2.05, 4.69) is 0 Å². The maximum absolute atomic E-state index is 12.4. The van der Waals surface area contributed by atoms with Gasteiger partial charge in [-0.2, -0.15) is 0 Å². The molecule has 25 heavy (non-hydrogen) atoms. The quantitative estimate of drug-likeness (QED) is 0.797. The van der Waals surface area contributed by atoms with Gasteiger partial charge in [-0.3, -0.25) is 9.59 Å². The number of ether oxygens (including phenoxy) is 1. The Balaban J connectivity index is 1.64. The average Bonchev–Trinajstić information content (AvgIpc) is 2.97. The van der Waals surface area contributed by atoms with Crippen LogP contribution < -0.4 is 0 Å². The Morgan fingerprint density at radius 2 is 1.84 bits per heavy atom. The Bertz CT molecular complexity index is 786. The lowest BCUT2D eigenvalue weighted by Gasteiger charge is -2.28. The van der Waals surface area contributed by atoms with Gasteiger partial charge in [0.1, 0.15) is 5.58 Å². The third-order valence-corrected chi connectivity index (χ3v) is 4.93. The molecular formula is C20H25NO4. The standard InChI is InChI=1S/C20H25NO4/c1-13-9-17-16(12-24-18(17)10-14(13)2)11-19(22)25-15(3)20(23)21-7-5-4-6-8-21/h9-10,12,15H,4-8,11H2,1-3H3/t15-/m0/s1. The second-order valence-electron chi connectivity index (χ2n) is 6.89. The number of piperidine rings is 1. The molecule has 5 nitrogen and oxygen atoms in total. The number of nitrogens with zero attached hydrogens (tertiary/aromatic N) is 1. The van der Waals surface area contributed by atoms with Crippen LogP contribution in [-0.2, 0) is 20.7 Å². The molecule has 0 unspecified atom stereocenters. The summed E-state index contributed by atoms with van der Waals surface area (Å²) in [6, 6.07) is 4.00. The monoisotopic (exact) mass is 343 g/mol.